The number of hydrogen-bond donors (Lipinski definition) is 1. The summed E-state index contributed by atoms with van der Waals surface area (Å²) in [4.78, 5) is 3.75. The monoisotopic (exact) mass is 458 g/mol. The van der Waals surface area contributed by atoms with E-state index in [1.54, 1.807) is 6.07 Å². The number of nitrogens with one attached hydrogen (secondary N) is 1. The Morgan fingerprint density at radius 1 is 1.05 bits per heavy atom. The molecule has 0 saturated carbocycles. The number of sulfonamides is 1. The largest absolute Gasteiger partial charge is 0.266 e. The van der Waals surface area contributed by atoms with Crippen LogP contribution in [0.1, 0.15) is 0 Å². The number of nitrogens with zero attached hydrogens (tertiary/aromatic N) is 1. The first-order valence-electron chi connectivity index (χ1n) is 5.08. The number of hydrogen-bond acceptors (Lipinski definition) is 3. The zero-order valence-corrected chi connectivity index (χ0v) is 15.1. The summed E-state index contributed by atoms with van der Waals surface area (Å²) in [7, 11) is -3.92. The lowest BCUT2D eigenvalue weighted by atomic mass is 10.4. The SMILES string of the molecule is O=S(=O)(Nc1ccc(Br)cn1)c1c(Cl)cc(Br)cc1Cl. The quantitative estimate of drug-likeness (QED) is 0.721. The minimum atomic E-state index is -3.92. The van der Waals surface area contributed by atoms with Gasteiger partial charge >= 0.3 is 0 Å². The summed E-state index contributed by atoms with van der Waals surface area (Å²) < 4.78 is 28.2. The van der Waals surface area contributed by atoms with Gasteiger partial charge in [-0.05, 0) is 40.2 Å². The first-order chi connectivity index (χ1) is 9.29. The molecule has 0 fully saturated rings. The molecular formula is C11H6Br2Cl2N2O2S. The average molecular weight is 461 g/mol. The number of benzene rings is 1. The van der Waals surface area contributed by atoms with E-state index in [1.807, 2.05) is 0 Å². The molecule has 0 aliphatic rings. The second-order valence-electron chi connectivity index (χ2n) is 3.67. The standard InChI is InChI=1S/C11H6Br2Cl2N2O2S/c12-6-1-2-10(16-5-6)17-20(18,19)11-8(14)3-7(13)4-9(11)15/h1-5H,(H,16,17). The Kier molecular flexibility index (Phi) is 4.96. The van der Waals surface area contributed by atoms with Crippen LogP contribution in [0.4, 0.5) is 5.82 Å². The number of halogens is 4. The maximum absolute atomic E-state index is 12.3. The van der Waals surface area contributed by atoms with Gasteiger partial charge in [-0.2, -0.15) is 0 Å². The second kappa shape index (κ2) is 6.19. The van der Waals surface area contributed by atoms with Gasteiger partial charge in [-0.3, -0.25) is 4.72 Å². The molecule has 0 bridgehead atoms. The summed E-state index contributed by atoms with van der Waals surface area (Å²) in [6.45, 7) is 0. The lowest BCUT2D eigenvalue weighted by Gasteiger charge is -2.11. The van der Waals surface area contributed by atoms with Crippen LogP contribution < -0.4 is 4.72 Å². The highest BCUT2D eigenvalue weighted by Gasteiger charge is 2.22. The lowest BCUT2D eigenvalue weighted by molar-refractivity contribution is 0.601. The predicted octanol–water partition coefficient (Wildman–Crippen LogP) is 4.71. The van der Waals surface area contributed by atoms with Gasteiger partial charge in [0.15, 0.2) is 0 Å². The Hall–Kier alpha value is -0.340. The minimum Gasteiger partial charge on any atom is -0.263 e. The smallest absolute Gasteiger partial charge is 0.263 e. The summed E-state index contributed by atoms with van der Waals surface area (Å²) in [5.74, 6) is 0.170. The van der Waals surface area contributed by atoms with Gasteiger partial charge in [-0.15, -0.1) is 0 Å². The molecule has 1 heterocycles. The van der Waals surface area contributed by atoms with Crippen LogP contribution in [-0.2, 0) is 10.0 Å². The molecule has 106 valence electrons. The van der Waals surface area contributed by atoms with Crippen LogP contribution in [0.25, 0.3) is 0 Å². The van der Waals surface area contributed by atoms with Crippen molar-refractivity contribution in [3.8, 4) is 0 Å². The zero-order chi connectivity index (χ0) is 14.9. The van der Waals surface area contributed by atoms with Gasteiger partial charge in [0.25, 0.3) is 10.0 Å². The maximum Gasteiger partial charge on any atom is 0.266 e. The fourth-order valence-corrected chi connectivity index (χ4v) is 4.59. The number of anilines is 1. The second-order valence-corrected chi connectivity index (χ2v) is 7.93. The molecule has 0 saturated heterocycles. The molecule has 0 aliphatic heterocycles. The molecule has 0 atom stereocenters. The van der Waals surface area contributed by atoms with Crippen molar-refractivity contribution >= 4 is 70.9 Å². The molecule has 20 heavy (non-hydrogen) atoms. The molecular weight excluding hydrogens is 455 g/mol. The van der Waals surface area contributed by atoms with Crippen LogP contribution in [0.3, 0.4) is 0 Å². The van der Waals surface area contributed by atoms with E-state index in [0.717, 1.165) is 4.47 Å². The molecule has 0 radical (unpaired) electrons. The summed E-state index contributed by atoms with van der Waals surface area (Å²) in [5, 5.41) is 0.0444. The number of pyridine rings is 1. The summed E-state index contributed by atoms with van der Waals surface area (Å²) in [5.41, 5.74) is 0. The lowest BCUT2D eigenvalue weighted by Crippen LogP contribution is -2.15. The highest BCUT2D eigenvalue weighted by molar-refractivity contribution is 9.10. The molecule has 1 aromatic heterocycles. The Balaban J connectivity index is 2.43. The van der Waals surface area contributed by atoms with E-state index in [2.05, 4.69) is 41.6 Å². The summed E-state index contributed by atoms with van der Waals surface area (Å²) in [6.07, 6.45) is 1.47. The Labute approximate surface area is 142 Å². The molecule has 4 nitrogen and oxygen atoms in total. The van der Waals surface area contributed by atoms with E-state index in [0.29, 0.717) is 4.47 Å². The van der Waals surface area contributed by atoms with Crippen molar-refractivity contribution in [2.75, 3.05) is 4.72 Å². The molecule has 1 N–H and O–H groups in total. The molecule has 9 heteroatoms. The Morgan fingerprint density at radius 2 is 1.65 bits per heavy atom. The van der Waals surface area contributed by atoms with Gasteiger partial charge in [-0.25, -0.2) is 13.4 Å². The molecule has 2 rings (SSSR count). The van der Waals surface area contributed by atoms with Crippen LogP contribution in [0, 0.1) is 0 Å². The first kappa shape index (κ1) is 16.0. The van der Waals surface area contributed by atoms with Gasteiger partial charge in [0, 0.05) is 15.1 Å². The van der Waals surface area contributed by atoms with Crippen LogP contribution in [-0.4, -0.2) is 13.4 Å². The fraction of sp³-hybridized carbons (Fsp3) is 0. The van der Waals surface area contributed by atoms with E-state index in [1.165, 1.54) is 24.4 Å². The topological polar surface area (TPSA) is 59.1 Å². The van der Waals surface area contributed by atoms with E-state index < -0.39 is 10.0 Å². The molecule has 1 aromatic carbocycles. The van der Waals surface area contributed by atoms with Crippen LogP contribution >= 0.6 is 55.1 Å². The molecule has 2 aromatic rings. The van der Waals surface area contributed by atoms with Gasteiger partial charge in [-0.1, -0.05) is 39.1 Å². The van der Waals surface area contributed by atoms with Crippen molar-refractivity contribution in [1.29, 1.82) is 0 Å². The maximum atomic E-state index is 12.3. The van der Waals surface area contributed by atoms with Gasteiger partial charge in [0.2, 0.25) is 0 Å². The van der Waals surface area contributed by atoms with Crippen molar-refractivity contribution < 1.29 is 8.42 Å². The van der Waals surface area contributed by atoms with Gasteiger partial charge in [0.1, 0.15) is 10.7 Å². The third-order valence-corrected chi connectivity index (χ3v) is 5.40. The van der Waals surface area contributed by atoms with E-state index in [-0.39, 0.29) is 20.8 Å². The van der Waals surface area contributed by atoms with Gasteiger partial charge in [0.05, 0.1) is 10.0 Å². The average Bonchev–Trinajstić information content (AvgIpc) is 2.30. The molecule has 0 unspecified atom stereocenters. The van der Waals surface area contributed by atoms with E-state index in [9.17, 15) is 8.42 Å². The van der Waals surface area contributed by atoms with E-state index >= 15 is 0 Å². The van der Waals surface area contributed by atoms with Crippen molar-refractivity contribution in [2.45, 2.75) is 4.90 Å². The number of rotatable bonds is 3. The number of aromatic nitrogens is 1. The Bertz CT molecular complexity index is 729. The van der Waals surface area contributed by atoms with Crippen molar-refractivity contribution in [3.05, 3.63) is 49.5 Å². The first-order valence-corrected chi connectivity index (χ1v) is 8.91. The molecule has 0 spiro atoms. The Morgan fingerprint density at radius 3 is 2.15 bits per heavy atom. The summed E-state index contributed by atoms with van der Waals surface area (Å²) >= 11 is 18.3. The van der Waals surface area contributed by atoms with E-state index in [4.69, 9.17) is 23.2 Å². The van der Waals surface area contributed by atoms with Crippen molar-refractivity contribution in [1.82, 2.24) is 4.98 Å². The van der Waals surface area contributed by atoms with Gasteiger partial charge < -0.3 is 0 Å². The molecule has 0 amide bonds. The fourth-order valence-electron chi connectivity index (χ4n) is 1.41. The normalized spacial score (nSPS) is 11.4. The predicted molar refractivity (Wildman–Crippen MR) is 86.9 cm³/mol. The highest BCUT2D eigenvalue weighted by atomic mass is 79.9. The minimum absolute atomic E-state index is 0.0222. The third-order valence-electron chi connectivity index (χ3n) is 2.20. The zero-order valence-electron chi connectivity index (χ0n) is 9.57. The van der Waals surface area contributed by atoms with Crippen molar-refractivity contribution in [2.24, 2.45) is 0 Å². The molecule has 0 aliphatic carbocycles. The summed E-state index contributed by atoms with van der Waals surface area (Å²) in [6, 6.07) is 6.09. The van der Waals surface area contributed by atoms with Crippen LogP contribution in [0.2, 0.25) is 10.0 Å². The highest BCUT2D eigenvalue weighted by Crippen LogP contribution is 2.33. The van der Waals surface area contributed by atoms with Crippen LogP contribution in [0.15, 0.2) is 44.3 Å². The third kappa shape index (κ3) is 3.65. The van der Waals surface area contributed by atoms with Crippen molar-refractivity contribution in [3.63, 3.8) is 0 Å². The van der Waals surface area contributed by atoms with Crippen LogP contribution in [0.5, 0.6) is 0 Å².